The van der Waals surface area contributed by atoms with Crippen molar-refractivity contribution < 1.29 is 9.59 Å². The van der Waals surface area contributed by atoms with Crippen molar-refractivity contribution in [1.29, 1.82) is 0 Å². The summed E-state index contributed by atoms with van der Waals surface area (Å²) in [7, 11) is 0. The van der Waals surface area contributed by atoms with Crippen LogP contribution in [0.5, 0.6) is 0 Å². The number of hydrogen-bond donors (Lipinski definition) is 1. The SMILES string of the molecule is CCN(Cc1ccccc1)C(=O)NC(=O)C1CC1. The van der Waals surface area contributed by atoms with Crippen LogP contribution in [0.15, 0.2) is 30.3 Å². The average Bonchev–Trinajstić information content (AvgIpc) is 3.21. The van der Waals surface area contributed by atoms with Crippen molar-refractivity contribution in [1.82, 2.24) is 10.2 Å². The monoisotopic (exact) mass is 246 g/mol. The molecular weight excluding hydrogens is 228 g/mol. The summed E-state index contributed by atoms with van der Waals surface area (Å²) in [5, 5.41) is 2.46. The number of amides is 3. The predicted octanol–water partition coefficient (Wildman–Crippen LogP) is 2.15. The molecule has 4 nitrogen and oxygen atoms in total. The Bertz CT molecular complexity index is 427. The maximum absolute atomic E-state index is 11.9. The predicted molar refractivity (Wildman–Crippen MR) is 68.8 cm³/mol. The van der Waals surface area contributed by atoms with Crippen LogP contribution in [0.25, 0.3) is 0 Å². The Morgan fingerprint density at radius 2 is 1.94 bits per heavy atom. The van der Waals surface area contributed by atoms with E-state index in [4.69, 9.17) is 0 Å². The number of hydrogen-bond acceptors (Lipinski definition) is 2. The minimum Gasteiger partial charge on any atom is -0.320 e. The minimum absolute atomic E-state index is 0.0596. The highest BCUT2D eigenvalue weighted by atomic mass is 16.2. The molecule has 0 bridgehead atoms. The number of imide groups is 1. The lowest BCUT2D eigenvalue weighted by atomic mass is 10.2. The Morgan fingerprint density at radius 1 is 1.28 bits per heavy atom. The molecular formula is C14H18N2O2. The van der Waals surface area contributed by atoms with Gasteiger partial charge in [-0.3, -0.25) is 10.1 Å². The van der Waals surface area contributed by atoms with Crippen molar-refractivity contribution in [3.8, 4) is 0 Å². The van der Waals surface area contributed by atoms with E-state index in [1.807, 2.05) is 37.3 Å². The summed E-state index contributed by atoms with van der Waals surface area (Å²) in [5.41, 5.74) is 1.06. The smallest absolute Gasteiger partial charge is 0.320 e. The van der Waals surface area contributed by atoms with Crippen LogP contribution in [-0.2, 0) is 11.3 Å². The van der Waals surface area contributed by atoms with Gasteiger partial charge in [0.15, 0.2) is 0 Å². The zero-order valence-corrected chi connectivity index (χ0v) is 10.6. The summed E-state index contributed by atoms with van der Waals surface area (Å²) in [6.45, 7) is 3.02. The van der Waals surface area contributed by atoms with E-state index in [2.05, 4.69) is 5.32 Å². The van der Waals surface area contributed by atoms with Crippen LogP contribution in [0.2, 0.25) is 0 Å². The summed E-state index contributed by atoms with van der Waals surface area (Å²) in [5.74, 6) is -0.0732. The van der Waals surface area contributed by atoms with Crippen LogP contribution in [0.3, 0.4) is 0 Å². The van der Waals surface area contributed by atoms with Gasteiger partial charge in [-0.1, -0.05) is 30.3 Å². The topological polar surface area (TPSA) is 49.4 Å². The maximum Gasteiger partial charge on any atom is 0.324 e. The molecule has 0 saturated heterocycles. The third-order valence-electron chi connectivity index (χ3n) is 3.06. The molecule has 3 amide bonds. The molecule has 2 rings (SSSR count). The number of urea groups is 1. The first kappa shape index (κ1) is 12.6. The van der Waals surface area contributed by atoms with Gasteiger partial charge in [0.2, 0.25) is 5.91 Å². The van der Waals surface area contributed by atoms with Gasteiger partial charge < -0.3 is 4.90 Å². The van der Waals surface area contributed by atoms with Gasteiger partial charge in [0.25, 0.3) is 0 Å². The molecule has 0 atom stereocenters. The minimum atomic E-state index is -0.293. The summed E-state index contributed by atoms with van der Waals surface area (Å²) in [6.07, 6.45) is 1.81. The highest BCUT2D eigenvalue weighted by Crippen LogP contribution is 2.28. The van der Waals surface area contributed by atoms with E-state index in [-0.39, 0.29) is 17.9 Å². The summed E-state index contributed by atoms with van der Waals surface area (Å²) in [4.78, 5) is 25.1. The largest absolute Gasteiger partial charge is 0.324 e. The fourth-order valence-electron chi connectivity index (χ4n) is 1.76. The third kappa shape index (κ3) is 3.32. The molecule has 96 valence electrons. The number of nitrogens with zero attached hydrogens (tertiary/aromatic N) is 1. The van der Waals surface area contributed by atoms with Gasteiger partial charge in [0.1, 0.15) is 0 Å². The Balaban J connectivity index is 1.91. The number of benzene rings is 1. The van der Waals surface area contributed by atoms with Gasteiger partial charge in [-0.2, -0.15) is 0 Å². The summed E-state index contributed by atoms with van der Waals surface area (Å²) in [6, 6.07) is 9.47. The van der Waals surface area contributed by atoms with Crippen molar-refractivity contribution in [2.75, 3.05) is 6.54 Å². The van der Waals surface area contributed by atoms with E-state index in [0.29, 0.717) is 13.1 Å². The van der Waals surface area contributed by atoms with E-state index in [9.17, 15) is 9.59 Å². The van der Waals surface area contributed by atoms with Crippen LogP contribution in [-0.4, -0.2) is 23.4 Å². The van der Waals surface area contributed by atoms with Gasteiger partial charge in [-0.15, -0.1) is 0 Å². The Hall–Kier alpha value is -1.84. The van der Waals surface area contributed by atoms with Crippen LogP contribution >= 0.6 is 0 Å². The van der Waals surface area contributed by atoms with Gasteiger partial charge >= 0.3 is 6.03 Å². The lowest BCUT2D eigenvalue weighted by Gasteiger charge is -2.20. The fraction of sp³-hybridized carbons (Fsp3) is 0.429. The van der Waals surface area contributed by atoms with Gasteiger partial charge in [-0.05, 0) is 25.3 Å². The van der Waals surface area contributed by atoms with Gasteiger partial charge in [-0.25, -0.2) is 4.79 Å². The van der Waals surface area contributed by atoms with Crippen molar-refractivity contribution in [3.05, 3.63) is 35.9 Å². The second kappa shape index (κ2) is 5.67. The molecule has 1 aliphatic carbocycles. The van der Waals surface area contributed by atoms with Crippen LogP contribution in [0.4, 0.5) is 4.79 Å². The van der Waals surface area contributed by atoms with Crippen molar-refractivity contribution in [2.45, 2.75) is 26.3 Å². The summed E-state index contributed by atoms with van der Waals surface area (Å²) >= 11 is 0. The molecule has 0 spiro atoms. The first-order chi connectivity index (χ1) is 8.70. The maximum atomic E-state index is 11.9. The summed E-state index contributed by atoms with van der Waals surface area (Å²) < 4.78 is 0. The standard InChI is InChI=1S/C14H18N2O2/c1-2-16(10-11-6-4-3-5-7-11)14(18)15-13(17)12-8-9-12/h3-7,12H,2,8-10H2,1H3,(H,15,17,18). The molecule has 0 aliphatic heterocycles. The second-order valence-corrected chi connectivity index (χ2v) is 4.57. The van der Waals surface area contributed by atoms with Crippen LogP contribution in [0.1, 0.15) is 25.3 Å². The number of carbonyl (C=O) groups is 2. The highest BCUT2D eigenvalue weighted by Gasteiger charge is 2.31. The molecule has 4 heteroatoms. The van der Waals surface area contributed by atoms with E-state index >= 15 is 0 Å². The Labute approximate surface area is 107 Å². The fourth-order valence-corrected chi connectivity index (χ4v) is 1.76. The normalized spacial score (nSPS) is 14.1. The first-order valence-corrected chi connectivity index (χ1v) is 6.34. The van der Waals surface area contributed by atoms with Crippen molar-refractivity contribution >= 4 is 11.9 Å². The van der Waals surface area contributed by atoms with E-state index < -0.39 is 0 Å². The molecule has 0 unspecified atom stereocenters. The van der Waals surface area contributed by atoms with Crippen LogP contribution in [0, 0.1) is 5.92 Å². The molecule has 1 saturated carbocycles. The van der Waals surface area contributed by atoms with Crippen LogP contribution < -0.4 is 5.32 Å². The average molecular weight is 246 g/mol. The molecule has 0 aromatic heterocycles. The molecule has 18 heavy (non-hydrogen) atoms. The van der Waals surface area contributed by atoms with E-state index in [0.717, 1.165) is 18.4 Å². The molecule has 1 N–H and O–H groups in total. The molecule has 1 aliphatic rings. The lowest BCUT2D eigenvalue weighted by Crippen LogP contribution is -2.42. The van der Waals surface area contributed by atoms with E-state index in [1.165, 1.54) is 0 Å². The van der Waals surface area contributed by atoms with Crippen molar-refractivity contribution in [3.63, 3.8) is 0 Å². The first-order valence-electron chi connectivity index (χ1n) is 6.34. The molecule has 1 aromatic carbocycles. The van der Waals surface area contributed by atoms with Gasteiger partial charge in [0.05, 0.1) is 0 Å². The van der Waals surface area contributed by atoms with E-state index in [1.54, 1.807) is 4.90 Å². The Kier molecular flexibility index (Phi) is 3.97. The zero-order valence-electron chi connectivity index (χ0n) is 10.6. The molecule has 0 radical (unpaired) electrons. The zero-order chi connectivity index (χ0) is 13.0. The lowest BCUT2D eigenvalue weighted by molar-refractivity contribution is -0.121. The molecule has 1 aromatic rings. The quantitative estimate of drug-likeness (QED) is 0.885. The number of carbonyl (C=O) groups excluding carboxylic acids is 2. The molecule has 0 heterocycles. The highest BCUT2D eigenvalue weighted by molar-refractivity contribution is 5.96. The molecule has 1 fully saturated rings. The Morgan fingerprint density at radius 3 is 2.50 bits per heavy atom. The number of nitrogens with one attached hydrogen (secondary N) is 1. The second-order valence-electron chi connectivity index (χ2n) is 4.57. The van der Waals surface area contributed by atoms with Crippen molar-refractivity contribution in [2.24, 2.45) is 5.92 Å². The van der Waals surface area contributed by atoms with Gasteiger partial charge in [0, 0.05) is 19.0 Å². The third-order valence-corrected chi connectivity index (χ3v) is 3.06. The number of rotatable bonds is 4.